The van der Waals surface area contributed by atoms with Gasteiger partial charge in [0.2, 0.25) is 10.0 Å². The molecule has 1 aliphatic rings. The first-order valence-electron chi connectivity index (χ1n) is 7.48. The lowest BCUT2D eigenvalue weighted by atomic mass is 9.75. The number of hydrogen-bond donors (Lipinski definition) is 0. The number of hydrogen-bond acceptors (Lipinski definition) is 3. The fourth-order valence-corrected chi connectivity index (χ4v) is 4.52. The van der Waals surface area contributed by atoms with Crippen LogP contribution in [0.2, 0.25) is 0 Å². The molecular weight excluding hydrogens is 284 g/mol. The van der Waals surface area contributed by atoms with Gasteiger partial charge in [-0.2, -0.15) is 9.57 Å². The Balaban J connectivity index is 2.20. The second-order valence-corrected chi connectivity index (χ2v) is 7.69. The third-order valence-corrected chi connectivity index (χ3v) is 6.78. The molecule has 1 aliphatic heterocycles. The predicted molar refractivity (Wildman–Crippen MR) is 82.2 cm³/mol. The highest BCUT2D eigenvalue weighted by molar-refractivity contribution is 7.89. The van der Waals surface area contributed by atoms with Crippen molar-refractivity contribution >= 4 is 10.0 Å². The molecule has 1 saturated heterocycles. The van der Waals surface area contributed by atoms with Gasteiger partial charge in [-0.3, -0.25) is 0 Å². The smallest absolute Gasteiger partial charge is 0.207 e. The predicted octanol–water partition coefficient (Wildman–Crippen LogP) is 3.15. The van der Waals surface area contributed by atoms with E-state index in [-0.39, 0.29) is 4.90 Å². The lowest BCUT2D eigenvalue weighted by Gasteiger charge is -2.40. The Morgan fingerprint density at radius 2 is 1.86 bits per heavy atom. The molecule has 2 rings (SSSR count). The quantitative estimate of drug-likeness (QED) is 0.858. The Kier molecular flexibility index (Phi) is 4.70. The van der Waals surface area contributed by atoms with E-state index in [9.17, 15) is 8.42 Å². The van der Waals surface area contributed by atoms with Crippen molar-refractivity contribution in [3.8, 4) is 6.07 Å². The van der Waals surface area contributed by atoms with Crippen LogP contribution in [0.4, 0.5) is 0 Å². The number of rotatable bonds is 4. The first kappa shape index (κ1) is 16.0. The van der Waals surface area contributed by atoms with Gasteiger partial charge < -0.3 is 0 Å². The molecule has 4 nitrogen and oxygen atoms in total. The van der Waals surface area contributed by atoms with Crippen LogP contribution in [0.25, 0.3) is 0 Å². The summed E-state index contributed by atoms with van der Waals surface area (Å²) in [5, 5.41) is 8.91. The molecule has 1 aromatic rings. The van der Waals surface area contributed by atoms with Crippen LogP contribution < -0.4 is 0 Å². The van der Waals surface area contributed by atoms with Crippen molar-refractivity contribution in [1.82, 2.24) is 4.31 Å². The highest BCUT2D eigenvalue weighted by Gasteiger charge is 2.36. The maximum atomic E-state index is 12.7. The zero-order chi connectivity index (χ0) is 15.5. The summed E-state index contributed by atoms with van der Waals surface area (Å²) < 4.78 is 26.9. The number of benzene rings is 1. The summed E-state index contributed by atoms with van der Waals surface area (Å²) in [4.78, 5) is 0.224. The molecule has 0 radical (unpaired) electrons. The highest BCUT2D eigenvalue weighted by atomic mass is 32.2. The van der Waals surface area contributed by atoms with Crippen LogP contribution in [0.1, 0.15) is 45.1 Å². The summed E-state index contributed by atoms with van der Waals surface area (Å²) in [6.45, 7) is 5.51. The molecule has 0 atom stereocenters. The number of piperidine rings is 1. The van der Waals surface area contributed by atoms with Crippen molar-refractivity contribution in [2.24, 2.45) is 5.41 Å². The molecule has 21 heavy (non-hydrogen) atoms. The Labute approximate surface area is 127 Å². The molecule has 1 aromatic carbocycles. The van der Waals surface area contributed by atoms with Crippen LogP contribution in [-0.2, 0) is 10.0 Å². The van der Waals surface area contributed by atoms with Crippen LogP contribution in [-0.4, -0.2) is 25.8 Å². The second kappa shape index (κ2) is 6.17. The Bertz CT molecular complexity index is 632. The molecule has 114 valence electrons. The summed E-state index contributed by atoms with van der Waals surface area (Å²) in [6.07, 6.45) is 4.02. The van der Waals surface area contributed by atoms with Gasteiger partial charge in [0, 0.05) is 13.1 Å². The molecule has 1 fully saturated rings. The van der Waals surface area contributed by atoms with E-state index in [1.165, 1.54) is 6.07 Å². The SMILES string of the molecule is CCC1(CC)CCN(S(=O)(=O)c2cccc(C#N)c2)CC1. The number of sulfonamides is 1. The fourth-order valence-electron chi connectivity index (χ4n) is 3.03. The van der Waals surface area contributed by atoms with Crippen molar-refractivity contribution < 1.29 is 8.42 Å². The maximum Gasteiger partial charge on any atom is 0.243 e. The van der Waals surface area contributed by atoms with Gasteiger partial charge >= 0.3 is 0 Å². The Hall–Kier alpha value is -1.38. The summed E-state index contributed by atoms with van der Waals surface area (Å²) in [5.41, 5.74) is 0.671. The van der Waals surface area contributed by atoms with Crippen molar-refractivity contribution in [3.63, 3.8) is 0 Å². The molecule has 0 unspecified atom stereocenters. The summed E-state index contributed by atoms with van der Waals surface area (Å²) in [6, 6.07) is 8.26. The van der Waals surface area contributed by atoms with Crippen molar-refractivity contribution in [2.75, 3.05) is 13.1 Å². The van der Waals surface area contributed by atoms with Gasteiger partial charge in [0.05, 0.1) is 16.5 Å². The first-order valence-corrected chi connectivity index (χ1v) is 8.92. The zero-order valence-electron chi connectivity index (χ0n) is 12.7. The monoisotopic (exact) mass is 306 g/mol. The lowest BCUT2D eigenvalue weighted by Crippen LogP contribution is -2.42. The highest BCUT2D eigenvalue weighted by Crippen LogP contribution is 2.39. The molecule has 0 aliphatic carbocycles. The lowest BCUT2D eigenvalue weighted by molar-refractivity contribution is 0.141. The van der Waals surface area contributed by atoms with Gasteiger partial charge in [-0.1, -0.05) is 32.8 Å². The molecular formula is C16H22N2O2S. The summed E-state index contributed by atoms with van der Waals surface area (Å²) in [7, 11) is -3.48. The summed E-state index contributed by atoms with van der Waals surface area (Å²) in [5.74, 6) is 0. The van der Waals surface area contributed by atoms with Gasteiger partial charge in [-0.25, -0.2) is 8.42 Å². The van der Waals surface area contributed by atoms with Gasteiger partial charge in [0.25, 0.3) is 0 Å². The molecule has 0 aromatic heterocycles. The van der Waals surface area contributed by atoms with Crippen LogP contribution in [0.5, 0.6) is 0 Å². The molecule has 0 amide bonds. The number of nitriles is 1. The Morgan fingerprint density at radius 1 is 1.24 bits per heavy atom. The van der Waals surface area contributed by atoms with Crippen LogP contribution >= 0.6 is 0 Å². The first-order chi connectivity index (χ1) is 9.97. The molecule has 0 bridgehead atoms. The van der Waals surface area contributed by atoms with Gasteiger partial charge in [0.15, 0.2) is 0 Å². The van der Waals surface area contributed by atoms with E-state index >= 15 is 0 Å². The maximum absolute atomic E-state index is 12.7. The summed E-state index contributed by atoms with van der Waals surface area (Å²) >= 11 is 0. The van der Waals surface area contributed by atoms with E-state index < -0.39 is 10.0 Å². The van der Waals surface area contributed by atoms with Crippen molar-refractivity contribution in [1.29, 1.82) is 5.26 Å². The third kappa shape index (κ3) is 3.12. The third-order valence-electron chi connectivity index (χ3n) is 4.88. The molecule has 0 N–H and O–H groups in total. The average Bonchev–Trinajstić information content (AvgIpc) is 2.55. The van der Waals surface area contributed by atoms with E-state index in [2.05, 4.69) is 13.8 Å². The largest absolute Gasteiger partial charge is 0.243 e. The number of nitrogens with zero attached hydrogens (tertiary/aromatic N) is 2. The van der Waals surface area contributed by atoms with E-state index in [4.69, 9.17) is 5.26 Å². The topological polar surface area (TPSA) is 61.2 Å². The zero-order valence-corrected chi connectivity index (χ0v) is 13.5. The van der Waals surface area contributed by atoms with Crippen molar-refractivity contribution in [3.05, 3.63) is 29.8 Å². The van der Waals surface area contributed by atoms with E-state index in [1.54, 1.807) is 22.5 Å². The fraction of sp³-hybridized carbons (Fsp3) is 0.562. The van der Waals surface area contributed by atoms with Gasteiger partial charge in [-0.15, -0.1) is 0 Å². The normalized spacial score (nSPS) is 19.1. The van der Waals surface area contributed by atoms with Crippen LogP contribution in [0.3, 0.4) is 0 Å². The Morgan fingerprint density at radius 3 is 2.38 bits per heavy atom. The van der Waals surface area contributed by atoms with E-state index in [0.717, 1.165) is 25.7 Å². The molecule has 0 spiro atoms. The minimum Gasteiger partial charge on any atom is -0.207 e. The van der Waals surface area contributed by atoms with Crippen LogP contribution in [0, 0.1) is 16.7 Å². The minimum absolute atomic E-state index is 0.224. The average molecular weight is 306 g/mol. The second-order valence-electron chi connectivity index (χ2n) is 5.75. The van der Waals surface area contributed by atoms with Gasteiger partial charge in [-0.05, 0) is 36.5 Å². The van der Waals surface area contributed by atoms with Gasteiger partial charge in [0.1, 0.15) is 0 Å². The van der Waals surface area contributed by atoms with E-state index in [1.807, 2.05) is 6.07 Å². The minimum atomic E-state index is -3.48. The van der Waals surface area contributed by atoms with Crippen LogP contribution in [0.15, 0.2) is 29.2 Å². The van der Waals surface area contributed by atoms with E-state index in [0.29, 0.717) is 24.1 Å². The van der Waals surface area contributed by atoms with Crippen molar-refractivity contribution in [2.45, 2.75) is 44.4 Å². The molecule has 1 heterocycles. The molecule has 0 saturated carbocycles. The molecule has 5 heteroatoms. The standard InChI is InChI=1S/C16H22N2O2S/c1-3-16(4-2)8-10-18(11-9-16)21(19,20)15-7-5-6-14(12-15)13-17/h5-7,12H,3-4,8-11H2,1-2H3.